The first-order valence-corrected chi connectivity index (χ1v) is 6.46. The molecule has 2 atom stereocenters. The number of carbonyl (C=O) groups is 2. The Morgan fingerprint density at radius 1 is 1.50 bits per heavy atom. The van der Waals surface area contributed by atoms with Gasteiger partial charge in [-0.2, -0.15) is 0 Å². The topological polar surface area (TPSA) is 70.7 Å². The summed E-state index contributed by atoms with van der Waals surface area (Å²) < 4.78 is 5.59. The van der Waals surface area contributed by atoms with Crippen molar-refractivity contribution in [2.24, 2.45) is 0 Å². The number of likely N-dealkylation sites (tertiary alicyclic amines) is 1. The van der Waals surface area contributed by atoms with Crippen LogP contribution < -0.4 is 10.6 Å². The Bertz CT molecular complexity index is 294. The number of ether oxygens (including phenoxy) is 1. The van der Waals surface area contributed by atoms with Crippen molar-refractivity contribution < 1.29 is 14.3 Å². The highest BCUT2D eigenvalue weighted by atomic mass is 16.5. The van der Waals surface area contributed by atoms with Gasteiger partial charge in [0.05, 0.1) is 12.1 Å². The zero-order valence-electron chi connectivity index (χ0n) is 11.4. The normalized spacial score (nSPS) is 22.3. The van der Waals surface area contributed by atoms with E-state index in [4.69, 9.17) is 4.74 Å². The van der Waals surface area contributed by atoms with Gasteiger partial charge in [0.2, 0.25) is 5.91 Å². The number of imide groups is 1. The van der Waals surface area contributed by atoms with Gasteiger partial charge in [-0.05, 0) is 33.2 Å². The van der Waals surface area contributed by atoms with E-state index in [9.17, 15) is 9.59 Å². The minimum atomic E-state index is -0.467. The monoisotopic (exact) mass is 257 g/mol. The van der Waals surface area contributed by atoms with E-state index < -0.39 is 6.03 Å². The SMILES string of the molecule is CCOC1CCCN(C(C)C(=O)NC(=O)NC)C1. The number of nitrogens with one attached hydrogen (secondary N) is 2. The van der Waals surface area contributed by atoms with E-state index in [-0.39, 0.29) is 18.1 Å². The van der Waals surface area contributed by atoms with Crippen LogP contribution in [0.2, 0.25) is 0 Å². The van der Waals surface area contributed by atoms with Crippen LogP contribution in [0.4, 0.5) is 4.79 Å². The third-order valence-electron chi connectivity index (χ3n) is 3.20. The van der Waals surface area contributed by atoms with Gasteiger partial charge < -0.3 is 10.1 Å². The van der Waals surface area contributed by atoms with E-state index in [0.717, 1.165) is 25.9 Å². The van der Waals surface area contributed by atoms with Gasteiger partial charge in [0, 0.05) is 20.2 Å². The fraction of sp³-hybridized carbons (Fsp3) is 0.833. The smallest absolute Gasteiger partial charge is 0.321 e. The Labute approximate surface area is 108 Å². The van der Waals surface area contributed by atoms with Crippen LogP contribution in [0.15, 0.2) is 0 Å². The molecular weight excluding hydrogens is 234 g/mol. The number of amides is 3. The van der Waals surface area contributed by atoms with Crippen molar-refractivity contribution in [1.82, 2.24) is 15.5 Å². The molecule has 104 valence electrons. The second-order valence-corrected chi connectivity index (χ2v) is 4.46. The molecule has 0 aromatic carbocycles. The molecule has 1 fully saturated rings. The van der Waals surface area contributed by atoms with Crippen molar-refractivity contribution >= 4 is 11.9 Å². The fourth-order valence-electron chi connectivity index (χ4n) is 2.13. The summed E-state index contributed by atoms with van der Waals surface area (Å²) in [6.45, 7) is 6.09. The van der Waals surface area contributed by atoms with Gasteiger partial charge >= 0.3 is 6.03 Å². The molecule has 0 bridgehead atoms. The minimum absolute atomic E-state index is 0.194. The maximum absolute atomic E-state index is 11.8. The molecule has 18 heavy (non-hydrogen) atoms. The van der Waals surface area contributed by atoms with Crippen molar-refractivity contribution in [3.63, 3.8) is 0 Å². The third-order valence-corrected chi connectivity index (χ3v) is 3.20. The zero-order chi connectivity index (χ0) is 13.5. The predicted molar refractivity (Wildman–Crippen MR) is 68.3 cm³/mol. The summed E-state index contributed by atoms with van der Waals surface area (Å²) in [6.07, 6.45) is 2.25. The highest BCUT2D eigenvalue weighted by Crippen LogP contribution is 2.15. The lowest BCUT2D eigenvalue weighted by Gasteiger charge is -2.35. The lowest BCUT2D eigenvalue weighted by molar-refractivity contribution is -0.126. The number of nitrogens with zero attached hydrogens (tertiary/aromatic N) is 1. The molecule has 1 saturated heterocycles. The van der Waals surface area contributed by atoms with Gasteiger partial charge in [-0.1, -0.05) is 0 Å². The zero-order valence-corrected chi connectivity index (χ0v) is 11.4. The number of piperidine rings is 1. The van der Waals surface area contributed by atoms with Crippen LogP contribution in [0.25, 0.3) is 0 Å². The molecule has 0 radical (unpaired) electrons. The first-order valence-electron chi connectivity index (χ1n) is 6.46. The van der Waals surface area contributed by atoms with Crippen LogP contribution in [0, 0.1) is 0 Å². The van der Waals surface area contributed by atoms with E-state index in [2.05, 4.69) is 15.5 Å². The fourth-order valence-corrected chi connectivity index (χ4v) is 2.13. The number of urea groups is 1. The number of rotatable bonds is 4. The van der Waals surface area contributed by atoms with Gasteiger partial charge in [-0.15, -0.1) is 0 Å². The Hall–Kier alpha value is -1.14. The molecule has 0 aliphatic carbocycles. The highest BCUT2D eigenvalue weighted by molar-refractivity contribution is 5.96. The molecule has 2 unspecified atom stereocenters. The van der Waals surface area contributed by atoms with E-state index >= 15 is 0 Å². The molecule has 0 saturated carbocycles. The molecule has 6 heteroatoms. The second kappa shape index (κ2) is 7.33. The van der Waals surface area contributed by atoms with E-state index in [1.165, 1.54) is 7.05 Å². The largest absolute Gasteiger partial charge is 0.377 e. The van der Waals surface area contributed by atoms with Crippen molar-refractivity contribution in [3.05, 3.63) is 0 Å². The maximum Gasteiger partial charge on any atom is 0.321 e. The van der Waals surface area contributed by atoms with Crippen LogP contribution in [0.3, 0.4) is 0 Å². The first kappa shape index (κ1) is 14.9. The van der Waals surface area contributed by atoms with Crippen LogP contribution in [-0.4, -0.2) is 55.7 Å². The molecule has 6 nitrogen and oxygen atoms in total. The standard InChI is InChI=1S/C12H23N3O3/c1-4-18-10-6-5-7-15(8-10)9(2)11(16)14-12(17)13-3/h9-10H,4-8H2,1-3H3,(H2,13,14,16,17). The maximum atomic E-state index is 11.8. The van der Waals surface area contributed by atoms with Crippen molar-refractivity contribution in [2.45, 2.75) is 38.8 Å². The molecule has 1 aliphatic rings. The Balaban J connectivity index is 2.47. The molecule has 0 aromatic rings. The summed E-state index contributed by atoms with van der Waals surface area (Å²) in [4.78, 5) is 25.0. The van der Waals surface area contributed by atoms with Gasteiger partial charge in [0.15, 0.2) is 0 Å². The number of hydrogen-bond acceptors (Lipinski definition) is 4. The molecule has 1 heterocycles. The second-order valence-electron chi connectivity index (χ2n) is 4.46. The Morgan fingerprint density at radius 3 is 2.83 bits per heavy atom. The minimum Gasteiger partial charge on any atom is -0.377 e. The lowest BCUT2D eigenvalue weighted by atomic mass is 10.1. The highest BCUT2D eigenvalue weighted by Gasteiger charge is 2.28. The summed E-state index contributed by atoms with van der Waals surface area (Å²) in [5, 5.41) is 4.67. The van der Waals surface area contributed by atoms with Crippen LogP contribution >= 0.6 is 0 Å². The van der Waals surface area contributed by atoms with Crippen LogP contribution in [0.1, 0.15) is 26.7 Å². The Morgan fingerprint density at radius 2 is 2.22 bits per heavy atom. The van der Waals surface area contributed by atoms with Gasteiger partial charge in [0.25, 0.3) is 0 Å². The van der Waals surface area contributed by atoms with E-state index in [1.54, 1.807) is 0 Å². The first-order chi connectivity index (χ1) is 8.58. The lowest BCUT2D eigenvalue weighted by Crippen LogP contribution is -2.52. The molecule has 0 aromatic heterocycles. The van der Waals surface area contributed by atoms with Crippen molar-refractivity contribution in [2.75, 3.05) is 26.7 Å². The summed E-state index contributed by atoms with van der Waals surface area (Å²) in [7, 11) is 1.49. The predicted octanol–water partition coefficient (Wildman–Crippen LogP) is 0.331. The number of hydrogen-bond donors (Lipinski definition) is 2. The van der Waals surface area contributed by atoms with Gasteiger partial charge in [-0.3, -0.25) is 15.0 Å². The molecule has 1 aliphatic heterocycles. The molecular formula is C12H23N3O3. The van der Waals surface area contributed by atoms with E-state index in [1.807, 2.05) is 13.8 Å². The third kappa shape index (κ3) is 4.27. The summed E-state index contributed by atoms with van der Waals surface area (Å²) in [5.41, 5.74) is 0. The summed E-state index contributed by atoms with van der Waals surface area (Å²) in [5.74, 6) is -0.272. The number of carbonyl (C=O) groups excluding carboxylic acids is 2. The molecule has 0 spiro atoms. The Kier molecular flexibility index (Phi) is 6.07. The average molecular weight is 257 g/mol. The van der Waals surface area contributed by atoms with Crippen molar-refractivity contribution in [3.8, 4) is 0 Å². The van der Waals surface area contributed by atoms with Crippen LogP contribution in [-0.2, 0) is 9.53 Å². The molecule has 1 rings (SSSR count). The van der Waals surface area contributed by atoms with E-state index in [0.29, 0.717) is 6.61 Å². The summed E-state index contributed by atoms with van der Waals surface area (Å²) >= 11 is 0. The van der Waals surface area contributed by atoms with Crippen molar-refractivity contribution in [1.29, 1.82) is 0 Å². The summed E-state index contributed by atoms with van der Waals surface area (Å²) in [6, 6.07) is -0.782. The quantitative estimate of drug-likeness (QED) is 0.761. The van der Waals surface area contributed by atoms with Gasteiger partial charge in [0.1, 0.15) is 0 Å². The van der Waals surface area contributed by atoms with Gasteiger partial charge in [-0.25, -0.2) is 4.79 Å². The molecule has 2 N–H and O–H groups in total. The average Bonchev–Trinajstić information content (AvgIpc) is 2.38. The van der Waals surface area contributed by atoms with Crippen LogP contribution in [0.5, 0.6) is 0 Å². The molecule has 3 amide bonds.